The summed E-state index contributed by atoms with van der Waals surface area (Å²) < 4.78 is 0. The summed E-state index contributed by atoms with van der Waals surface area (Å²) in [5.41, 5.74) is 6.00. The molecule has 1 fully saturated rings. The number of nitrogens with zero attached hydrogens (tertiary/aromatic N) is 1. The number of nitrogens with two attached hydrogens (primary N) is 1. The van der Waals surface area contributed by atoms with Crippen LogP contribution in [0.4, 0.5) is 0 Å². The predicted molar refractivity (Wildman–Crippen MR) is 58.1 cm³/mol. The minimum absolute atomic E-state index is 0.159. The molecular formula is C10H14N2O2S. The Kier molecular flexibility index (Phi) is 2.52. The van der Waals surface area contributed by atoms with E-state index in [1.165, 1.54) is 11.3 Å². The number of carboxylic acids is 1. The molecule has 0 amide bonds. The summed E-state index contributed by atoms with van der Waals surface area (Å²) in [5.74, 6) is -0.961. The highest BCUT2D eigenvalue weighted by Gasteiger charge is 2.35. The van der Waals surface area contributed by atoms with Gasteiger partial charge in [-0.15, -0.1) is 11.3 Å². The lowest BCUT2D eigenvalue weighted by atomic mass is 10.0. The highest BCUT2D eigenvalue weighted by molar-refractivity contribution is 7.12. The molecule has 5 heteroatoms. The van der Waals surface area contributed by atoms with Crippen LogP contribution in [0.1, 0.15) is 46.1 Å². The van der Waals surface area contributed by atoms with Crippen molar-refractivity contribution in [1.29, 1.82) is 0 Å². The van der Waals surface area contributed by atoms with Gasteiger partial charge < -0.3 is 10.8 Å². The summed E-state index contributed by atoms with van der Waals surface area (Å²) in [5, 5.41) is 9.70. The van der Waals surface area contributed by atoms with Crippen LogP contribution >= 0.6 is 11.3 Å². The fourth-order valence-corrected chi connectivity index (χ4v) is 3.09. The molecule has 0 atom stereocenters. The molecule has 0 radical (unpaired) electrons. The van der Waals surface area contributed by atoms with Crippen LogP contribution in [-0.4, -0.2) is 16.1 Å². The molecule has 1 aliphatic rings. The van der Waals surface area contributed by atoms with E-state index in [9.17, 15) is 4.79 Å². The Labute approximate surface area is 92.1 Å². The number of hydrogen-bond donors (Lipinski definition) is 2. The molecule has 0 aromatic carbocycles. The van der Waals surface area contributed by atoms with Crippen molar-refractivity contribution in [2.75, 3.05) is 0 Å². The number of aromatic carboxylic acids is 1. The van der Waals surface area contributed by atoms with Crippen molar-refractivity contribution in [3.8, 4) is 0 Å². The van der Waals surface area contributed by atoms with E-state index in [0.29, 0.717) is 0 Å². The SMILES string of the molecule is Cc1sc(C2(N)CCCC2)nc1C(=O)O. The maximum absolute atomic E-state index is 10.9. The van der Waals surface area contributed by atoms with Crippen molar-refractivity contribution in [2.45, 2.75) is 38.1 Å². The number of rotatable bonds is 2. The predicted octanol–water partition coefficient (Wildman–Crippen LogP) is 1.88. The lowest BCUT2D eigenvalue weighted by Crippen LogP contribution is -2.33. The zero-order valence-corrected chi connectivity index (χ0v) is 9.43. The standard InChI is InChI=1S/C10H14N2O2S/c1-6-7(8(13)14)12-9(15-6)10(11)4-2-3-5-10/h2-5,11H2,1H3,(H,13,14). The molecule has 4 nitrogen and oxygen atoms in total. The van der Waals surface area contributed by atoms with E-state index in [0.717, 1.165) is 35.6 Å². The first kappa shape index (κ1) is 10.6. The number of thiazole rings is 1. The minimum atomic E-state index is -0.961. The first-order valence-corrected chi connectivity index (χ1v) is 5.85. The molecule has 1 aromatic rings. The zero-order chi connectivity index (χ0) is 11.1. The van der Waals surface area contributed by atoms with Crippen molar-refractivity contribution in [3.63, 3.8) is 0 Å². The molecule has 1 aliphatic carbocycles. The van der Waals surface area contributed by atoms with Crippen molar-refractivity contribution >= 4 is 17.3 Å². The van der Waals surface area contributed by atoms with Gasteiger partial charge in [0.15, 0.2) is 5.69 Å². The molecule has 0 saturated heterocycles. The maximum Gasteiger partial charge on any atom is 0.355 e. The molecule has 1 heterocycles. The molecule has 1 saturated carbocycles. The van der Waals surface area contributed by atoms with Crippen LogP contribution in [0, 0.1) is 6.92 Å². The second kappa shape index (κ2) is 3.57. The normalized spacial score (nSPS) is 19.3. The number of carboxylic acid groups (broad SMARTS) is 1. The smallest absolute Gasteiger partial charge is 0.355 e. The third-order valence-corrected chi connectivity index (χ3v) is 4.11. The number of hydrogen-bond acceptors (Lipinski definition) is 4. The molecular weight excluding hydrogens is 212 g/mol. The van der Waals surface area contributed by atoms with Gasteiger partial charge in [-0.3, -0.25) is 0 Å². The molecule has 1 aromatic heterocycles. The summed E-state index contributed by atoms with van der Waals surface area (Å²) in [6, 6.07) is 0. The minimum Gasteiger partial charge on any atom is -0.476 e. The van der Waals surface area contributed by atoms with E-state index < -0.39 is 5.97 Å². The van der Waals surface area contributed by atoms with Gasteiger partial charge in [0.2, 0.25) is 0 Å². The molecule has 2 rings (SSSR count). The largest absolute Gasteiger partial charge is 0.476 e. The lowest BCUT2D eigenvalue weighted by Gasteiger charge is -2.19. The number of aryl methyl sites for hydroxylation is 1. The van der Waals surface area contributed by atoms with Crippen LogP contribution in [0.5, 0.6) is 0 Å². The van der Waals surface area contributed by atoms with Crippen LogP contribution in [0.2, 0.25) is 0 Å². The van der Waals surface area contributed by atoms with Gasteiger partial charge in [-0.05, 0) is 19.8 Å². The molecule has 3 N–H and O–H groups in total. The summed E-state index contributed by atoms with van der Waals surface area (Å²) in [6.45, 7) is 1.78. The first-order valence-electron chi connectivity index (χ1n) is 5.03. The Morgan fingerprint density at radius 1 is 1.53 bits per heavy atom. The maximum atomic E-state index is 10.9. The summed E-state index contributed by atoms with van der Waals surface area (Å²) in [7, 11) is 0. The van der Waals surface area contributed by atoms with Gasteiger partial charge in [-0.25, -0.2) is 9.78 Å². The average molecular weight is 226 g/mol. The van der Waals surface area contributed by atoms with Crippen molar-refractivity contribution in [2.24, 2.45) is 5.73 Å². The molecule has 0 unspecified atom stereocenters. The quantitative estimate of drug-likeness (QED) is 0.807. The van der Waals surface area contributed by atoms with E-state index in [1.54, 1.807) is 6.92 Å². The Morgan fingerprint density at radius 3 is 2.60 bits per heavy atom. The third kappa shape index (κ3) is 1.77. The Bertz CT molecular complexity index is 394. The second-order valence-electron chi connectivity index (χ2n) is 4.09. The monoisotopic (exact) mass is 226 g/mol. The fourth-order valence-electron chi connectivity index (χ4n) is 2.03. The van der Waals surface area contributed by atoms with Gasteiger partial charge in [-0.1, -0.05) is 12.8 Å². The topological polar surface area (TPSA) is 76.2 Å². The van der Waals surface area contributed by atoms with Gasteiger partial charge in [0.25, 0.3) is 0 Å². The fraction of sp³-hybridized carbons (Fsp3) is 0.600. The van der Waals surface area contributed by atoms with E-state index in [1.807, 2.05) is 0 Å². The van der Waals surface area contributed by atoms with Crippen molar-refractivity contribution < 1.29 is 9.90 Å². The van der Waals surface area contributed by atoms with Gasteiger partial charge >= 0.3 is 5.97 Å². The van der Waals surface area contributed by atoms with E-state index in [-0.39, 0.29) is 11.2 Å². The Hall–Kier alpha value is -0.940. The van der Waals surface area contributed by atoms with E-state index in [2.05, 4.69) is 4.98 Å². The molecule has 0 aliphatic heterocycles. The third-order valence-electron chi connectivity index (χ3n) is 2.92. The highest BCUT2D eigenvalue weighted by Crippen LogP contribution is 2.38. The van der Waals surface area contributed by atoms with Gasteiger partial charge in [0, 0.05) is 4.88 Å². The van der Waals surface area contributed by atoms with E-state index >= 15 is 0 Å². The van der Waals surface area contributed by atoms with Crippen LogP contribution < -0.4 is 5.73 Å². The van der Waals surface area contributed by atoms with Crippen LogP contribution in [-0.2, 0) is 5.54 Å². The van der Waals surface area contributed by atoms with Crippen LogP contribution in [0.3, 0.4) is 0 Å². The highest BCUT2D eigenvalue weighted by atomic mass is 32.1. The van der Waals surface area contributed by atoms with Crippen molar-refractivity contribution in [1.82, 2.24) is 4.98 Å². The Morgan fingerprint density at radius 2 is 2.13 bits per heavy atom. The summed E-state index contributed by atoms with van der Waals surface area (Å²) in [4.78, 5) is 15.8. The van der Waals surface area contributed by atoms with Gasteiger partial charge in [0.05, 0.1) is 5.54 Å². The molecule has 82 valence electrons. The second-order valence-corrected chi connectivity index (χ2v) is 5.30. The Balaban J connectivity index is 2.37. The summed E-state index contributed by atoms with van der Waals surface area (Å²) in [6.07, 6.45) is 4.05. The van der Waals surface area contributed by atoms with E-state index in [4.69, 9.17) is 10.8 Å². The van der Waals surface area contributed by atoms with Gasteiger partial charge in [0.1, 0.15) is 5.01 Å². The summed E-state index contributed by atoms with van der Waals surface area (Å²) >= 11 is 1.42. The van der Waals surface area contributed by atoms with Crippen molar-refractivity contribution in [3.05, 3.63) is 15.6 Å². The number of carbonyl (C=O) groups is 1. The molecule has 0 bridgehead atoms. The molecule has 15 heavy (non-hydrogen) atoms. The average Bonchev–Trinajstić information content (AvgIpc) is 2.72. The lowest BCUT2D eigenvalue weighted by molar-refractivity contribution is 0.0690. The van der Waals surface area contributed by atoms with Crippen LogP contribution in [0.25, 0.3) is 0 Å². The first-order chi connectivity index (χ1) is 7.03. The molecule has 0 spiro atoms. The zero-order valence-electron chi connectivity index (χ0n) is 8.62. The van der Waals surface area contributed by atoms with Crippen LogP contribution in [0.15, 0.2) is 0 Å². The van der Waals surface area contributed by atoms with Gasteiger partial charge in [-0.2, -0.15) is 0 Å². The number of aromatic nitrogens is 1.